The first-order chi connectivity index (χ1) is 16.3. The Balaban J connectivity index is 1.27. The van der Waals surface area contributed by atoms with Crippen LogP contribution in [0.4, 0.5) is 13.2 Å². The third-order valence-corrected chi connectivity index (χ3v) is 7.49. The number of benzene rings is 1. The highest BCUT2D eigenvalue weighted by atomic mass is 32.1. The van der Waals surface area contributed by atoms with Crippen molar-refractivity contribution in [2.75, 3.05) is 39.3 Å². The Morgan fingerprint density at radius 3 is 2.50 bits per heavy atom. The Bertz CT molecular complexity index is 996. The van der Waals surface area contributed by atoms with E-state index in [4.69, 9.17) is 0 Å². The quantitative estimate of drug-likeness (QED) is 0.580. The van der Waals surface area contributed by atoms with Crippen molar-refractivity contribution in [3.8, 4) is 0 Å². The molecule has 2 aliphatic heterocycles. The van der Waals surface area contributed by atoms with E-state index in [1.165, 1.54) is 47.3 Å². The first-order valence-electron chi connectivity index (χ1n) is 11.7. The number of hydrogen-bond acceptors (Lipinski definition) is 5. The monoisotopic (exact) mass is 494 g/mol. The number of aromatic nitrogens is 1. The van der Waals surface area contributed by atoms with E-state index < -0.39 is 17.6 Å². The highest BCUT2D eigenvalue weighted by Crippen LogP contribution is 2.34. The summed E-state index contributed by atoms with van der Waals surface area (Å²) in [4.78, 5) is 33.6. The normalized spacial score (nSPS) is 17.8. The second kappa shape index (κ2) is 10.9. The third-order valence-electron chi connectivity index (χ3n) is 6.48. The minimum Gasteiger partial charge on any atom is -0.351 e. The van der Waals surface area contributed by atoms with Gasteiger partial charge in [-0.3, -0.25) is 9.59 Å². The largest absolute Gasteiger partial charge is 0.417 e. The van der Waals surface area contributed by atoms with Gasteiger partial charge >= 0.3 is 6.18 Å². The van der Waals surface area contributed by atoms with Gasteiger partial charge in [-0.25, -0.2) is 4.98 Å². The lowest BCUT2D eigenvalue weighted by Gasteiger charge is -2.31. The predicted octanol–water partition coefficient (Wildman–Crippen LogP) is 4.40. The van der Waals surface area contributed by atoms with E-state index in [1.807, 2.05) is 0 Å². The Morgan fingerprint density at radius 1 is 1.09 bits per heavy atom. The van der Waals surface area contributed by atoms with Gasteiger partial charge in [0.1, 0.15) is 5.69 Å². The van der Waals surface area contributed by atoms with Gasteiger partial charge in [0.15, 0.2) is 0 Å². The molecular formula is C24H29F3N4O2S. The molecule has 2 amide bonds. The lowest BCUT2D eigenvalue weighted by Crippen LogP contribution is -2.38. The van der Waals surface area contributed by atoms with Crippen LogP contribution in [0.2, 0.25) is 0 Å². The summed E-state index contributed by atoms with van der Waals surface area (Å²) in [6.07, 6.45) is 0.0434. The number of piperidine rings is 1. The molecule has 1 aromatic heterocycles. The topological polar surface area (TPSA) is 65.5 Å². The second-order valence-corrected chi connectivity index (χ2v) is 9.73. The number of carbonyl (C=O) groups is 2. The summed E-state index contributed by atoms with van der Waals surface area (Å²) in [5.74, 6) is -0.691. The maximum Gasteiger partial charge on any atom is 0.417 e. The van der Waals surface area contributed by atoms with Crippen LogP contribution in [0, 0.1) is 0 Å². The van der Waals surface area contributed by atoms with Gasteiger partial charge in [-0.15, -0.1) is 11.3 Å². The number of carbonyl (C=O) groups excluding carboxylic acids is 2. The SMILES string of the molecule is O=C(NCCCN1CCCC1)c1csc(C2CCN(C(=O)c3ccccc3C(F)(F)F)CC2)n1. The van der Waals surface area contributed by atoms with Gasteiger partial charge in [0.2, 0.25) is 0 Å². The number of likely N-dealkylation sites (tertiary alicyclic amines) is 2. The molecule has 4 rings (SSSR count). The number of nitrogens with zero attached hydrogens (tertiary/aromatic N) is 3. The zero-order chi connectivity index (χ0) is 24.1. The molecule has 0 bridgehead atoms. The molecule has 0 aliphatic carbocycles. The molecule has 2 aromatic rings. The van der Waals surface area contributed by atoms with E-state index in [9.17, 15) is 22.8 Å². The molecular weight excluding hydrogens is 465 g/mol. The van der Waals surface area contributed by atoms with Crippen LogP contribution in [-0.2, 0) is 6.18 Å². The number of alkyl halides is 3. The Labute approximate surface area is 201 Å². The van der Waals surface area contributed by atoms with E-state index in [-0.39, 0.29) is 17.4 Å². The van der Waals surface area contributed by atoms with Crippen LogP contribution in [0.3, 0.4) is 0 Å². The summed E-state index contributed by atoms with van der Waals surface area (Å²) in [5.41, 5.74) is -0.816. The van der Waals surface area contributed by atoms with Gasteiger partial charge in [0.05, 0.1) is 16.1 Å². The molecule has 1 N–H and O–H groups in total. The fourth-order valence-corrected chi connectivity index (χ4v) is 5.57. The summed E-state index contributed by atoms with van der Waals surface area (Å²) >= 11 is 1.42. The van der Waals surface area contributed by atoms with Crippen LogP contribution in [0.5, 0.6) is 0 Å². The van der Waals surface area contributed by atoms with Gasteiger partial charge in [0.25, 0.3) is 11.8 Å². The Kier molecular flexibility index (Phi) is 7.88. The summed E-state index contributed by atoms with van der Waals surface area (Å²) in [6.45, 7) is 4.60. The smallest absolute Gasteiger partial charge is 0.351 e. The molecule has 6 nitrogen and oxygen atoms in total. The van der Waals surface area contributed by atoms with E-state index in [2.05, 4.69) is 15.2 Å². The lowest BCUT2D eigenvalue weighted by atomic mass is 9.96. The molecule has 34 heavy (non-hydrogen) atoms. The molecule has 10 heteroatoms. The minimum absolute atomic E-state index is 0.0867. The minimum atomic E-state index is -4.57. The average molecular weight is 495 g/mol. The molecule has 1 aromatic carbocycles. The van der Waals surface area contributed by atoms with E-state index >= 15 is 0 Å². The van der Waals surface area contributed by atoms with Gasteiger partial charge in [0, 0.05) is 30.9 Å². The van der Waals surface area contributed by atoms with Gasteiger partial charge in [-0.05, 0) is 63.9 Å². The number of thiazole rings is 1. The molecule has 0 spiro atoms. The fraction of sp³-hybridized carbons (Fsp3) is 0.542. The Hall–Kier alpha value is -2.46. The zero-order valence-corrected chi connectivity index (χ0v) is 19.8. The van der Waals surface area contributed by atoms with Crippen molar-refractivity contribution in [1.29, 1.82) is 0 Å². The standard InChI is InChI=1S/C24H29F3N4O2S/c25-24(26,27)19-7-2-1-6-18(19)23(33)31-14-8-17(9-15-31)22-29-20(16-34-22)21(32)28-10-5-13-30-11-3-4-12-30/h1-2,6-7,16-17H,3-5,8-15H2,(H,28,32). The first kappa shape index (κ1) is 24.7. The maximum absolute atomic E-state index is 13.3. The van der Waals surface area contributed by atoms with Crippen molar-refractivity contribution < 1.29 is 22.8 Å². The molecule has 0 atom stereocenters. The van der Waals surface area contributed by atoms with E-state index in [1.54, 1.807) is 5.38 Å². The second-order valence-electron chi connectivity index (χ2n) is 8.84. The molecule has 3 heterocycles. The molecule has 0 saturated carbocycles. The van der Waals surface area contributed by atoms with Crippen molar-refractivity contribution in [1.82, 2.24) is 20.1 Å². The summed E-state index contributed by atoms with van der Waals surface area (Å²) in [7, 11) is 0. The first-order valence-corrected chi connectivity index (χ1v) is 12.6. The van der Waals surface area contributed by atoms with Crippen LogP contribution in [-0.4, -0.2) is 65.9 Å². The van der Waals surface area contributed by atoms with Crippen molar-refractivity contribution in [3.63, 3.8) is 0 Å². The number of rotatable bonds is 7. The predicted molar refractivity (Wildman–Crippen MR) is 124 cm³/mol. The molecule has 184 valence electrons. The summed E-state index contributed by atoms with van der Waals surface area (Å²) in [6, 6.07) is 4.90. The highest BCUT2D eigenvalue weighted by Gasteiger charge is 2.36. The van der Waals surface area contributed by atoms with Crippen LogP contribution in [0.1, 0.15) is 69.4 Å². The van der Waals surface area contributed by atoms with Crippen LogP contribution in [0.15, 0.2) is 29.6 Å². The summed E-state index contributed by atoms with van der Waals surface area (Å²) < 4.78 is 39.8. The average Bonchev–Trinajstić information content (AvgIpc) is 3.53. The molecule has 0 unspecified atom stereocenters. The fourth-order valence-electron chi connectivity index (χ4n) is 4.60. The zero-order valence-electron chi connectivity index (χ0n) is 18.9. The number of hydrogen-bond donors (Lipinski definition) is 1. The third kappa shape index (κ3) is 5.96. The maximum atomic E-state index is 13.3. The van der Waals surface area contributed by atoms with Crippen LogP contribution in [0.25, 0.3) is 0 Å². The Morgan fingerprint density at radius 2 is 1.79 bits per heavy atom. The van der Waals surface area contributed by atoms with Crippen molar-refractivity contribution in [2.24, 2.45) is 0 Å². The highest BCUT2D eigenvalue weighted by molar-refractivity contribution is 7.09. The molecule has 2 fully saturated rings. The van der Waals surface area contributed by atoms with E-state index in [0.717, 1.165) is 37.1 Å². The van der Waals surface area contributed by atoms with Gasteiger partial charge < -0.3 is 15.1 Å². The number of halogens is 3. The van der Waals surface area contributed by atoms with Crippen LogP contribution < -0.4 is 5.32 Å². The lowest BCUT2D eigenvalue weighted by molar-refractivity contribution is -0.138. The van der Waals surface area contributed by atoms with Crippen LogP contribution >= 0.6 is 11.3 Å². The van der Waals surface area contributed by atoms with Crippen molar-refractivity contribution >= 4 is 23.2 Å². The van der Waals surface area contributed by atoms with Gasteiger partial charge in [-0.2, -0.15) is 13.2 Å². The number of nitrogens with one attached hydrogen (secondary N) is 1. The number of amides is 2. The summed E-state index contributed by atoms with van der Waals surface area (Å²) in [5, 5.41) is 5.52. The molecule has 0 radical (unpaired) electrons. The van der Waals surface area contributed by atoms with Crippen molar-refractivity contribution in [3.05, 3.63) is 51.5 Å². The molecule has 2 aliphatic rings. The van der Waals surface area contributed by atoms with Crippen molar-refractivity contribution in [2.45, 2.75) is 44.2 Å². The van der Waals surface area contributed by atoms with E-state index in [0.29, 0.717) is 38.2 Å². The van der Waals surface area contributed by atoms with Gasteiger partial charge in [-0.1, -0.05) is 12.1 Å². The molecule has 2 saturated heterocycles.